The fourth-order valence-electron chi connectivity index (χ4n) is 2.46. The molecule has 0 bridgehead atoms. The van der Waals surface area contributed by atoms with Crippen molar-refractivity contribution in [1.29, 1.82) is 0 Å². The van der Waals surface area contributed by atoms with E-state index >= 15 is 0 Å². The first kappa shape index (κ1) is 17.3. The molecule has 4 nitrogen and oxygen atoms in total. The van der Waals surface area contributed by atoms with E-state index in [1.165, 1.54) is 0 Å². The van der Waals surface area contributed by atoms with Gasteiger partial charge in [-0.1, -0.05) is 35.9 Å². The average molecular weight is 332 g/mol. The van der Waals surface area contributed by atoms with E-state index in [1.54, 1.807) is 19.1 Å². The highest BCUT2D eigenvalue weighted by atomic mass is 35.5. The molecule has 0 aliphatic rings. The molecule has 4 N–H and O–H groups in total. The van der Waals surface area contributed by atoms with Crippen LogP contribution in [0.5, 0.6) is 0 Å². The molecule has 23 heavy (non-hydrogen) atoms. The number of guanidine groups is 1. The van der Waals surface area contributed by atoms with Gasteiger partial charge < -0.3 is 16.2 Å². The van der Waals surface area contributed by atoms with Crippen molar-refractivity contribution in [2.75, 3.05) is 11.9 Å². The highest BCUT2D eigenvalue weighted by Crippen LogP contribution is 2.28. The molecule has 1 atom stereocenters. The normalized spacial score (nSPS) is 14.4. The van der Waals surface area contributed by atoms with Gasteiger partial charge in [-0.2, -0.15) is 0 Å². The molecule has 2 rings (SSSR count). The Morgan fingerprint density at radius 3 is 2.43 bits per heavy atom. The number of nitrogens with zero attached hydrogens (tertiary/aromatic N) is 1. The summed E-state index contributed by atoms with van der Waals surface area (Å²) >= 11 is 6.13. The summed E-state index contributed by atoms with van der Waals surface area (Å²) in [7, 11) is 0. The lowest BCUT2D eigenvalue weighted by Crippen LogP contribution is -2.30. The van der Waals surface area contributed by atoms with Crippen LogP contribution in [-0.4, -0.2) is 17.6 Å². The fourth-order valence-corrected chi connectivity index (χ4v) is 2.80. The minimum atomic E-state index is -1.19. The van der Waals surface area contributed by atoms with Gasteiger partial charge in [0.15, 0.2) is 5.96 Å². The van der Waals surface area contributed by atoms with E-state index in [1.807, 2.05) is 38.1 Å². The van der Waals surface area contributed by atoms with Gasteiger partial charge in [-0.15, -0.1) is 0 Å². The second-order valence-corrected chi connectivity index (χ2v) is 6.36. The molecule has 0 aliphatic carbocycles. The summed E-state index contributed by atoms with van der Waals surface area (Å²) in [6.45, 7) is 5.82. The highest BCUT2D eigenvalue weighted by Gasteiger charge is 2.25. The highest BCUT2D eigenvalue weighted by molar-refractivity contribution is 6.31. The molecule has 0 heterocycles. The van der Waals surface area contributed by atoms with Crippen molar-refractivity contribution in [1.82, 2.24) is 0 Å². The Kier molecular flexibility index (Phi) is 5.29. The maximum absolute atomic E-state index is 10.6. The SMILES string of the molecule is Cc1cc(C)cc(NC(N)=NCC(C)(O)c2ccccc2Cl)c1. The molecule has 0 aromatic heterocycles. The van der Waals surface area contributed by atoms with Crippen LogP contribution in [0.15, 0.2) is 47.5 Å². The zero-order valence-electron chi connectivity index (χ0n) is 13.6. The van der Waals surface area contributed by atoms with Crippen molar-refractivity contribution in [3.8, 4) is 0 Å². The number of anilines is 1. The van der Waals surface area contributed by atoms with Gasteiger partial charge in [0.1, 0.15) is 5.60 Å². The molecule has 0 radical (unpaired) electrons. The van der Waals surface area contributed by atoms with Crippen LogP contribution in [-0.2, 0) is 5.60 Å². The summed E-state index contributed by atoms with van der Waals surface area (Å²) in [5.41, 5.74) is 8.53. The van der Waals surface area contributed by atoms with E-state index < -0.39 is 5.60 Å². The molecule has 0 saturated carbocycles. The number of aryl methyl sites for hydroxylation is 2. The number of aliphatic imine (C=N–C) groups is 1. The molecular weight excluding hydrogens is 310 g/mol. The topological polar surface area (TPSA) is 70.6 Å². The van der Waals surface area contributed by atoms with Crippen molar-refractivity contribution < 1.29 is 5.11 Å². The van der Waals surface area contributed by atoms with Crippen molar-refractivity contribution in [2.45, 2.75) is 26.4 Å². The molecule has 0 saturated heterocycles. The van der Waals surface area contributed by atoms with Crippen LogP contribution in [0.2, 0.25) is 5.02 Å². The molecule has 1 unspecified atom stereocenters. The quantitative estimate of drug-likeness (QED) is 0.592. The molecule has 5 heteroatoms. The number of halogens is 1. The number of benzene rings is 2. The first-order valence-electron chi connectivity index (χ1n) is 7.40. The zero-order chi connectivity index (χ0) is 17.0. The summed E-state index contributed by atoms with van der Waals surface area (Å²) in [6, 6.07) is 13.2. The summed E-state index contributed by atoms with van der Waals surface area (Å²) in [5.74, 6) is 0.252. The van der Waals surface area contributed by atoms with E-state index in [-0.39, 0.29) is 12.5 Å². The minimum Gasteiger partial charge on any atom is -0.383 e. The first-order chi connectivity index (χ1) is 10.8. The van der Waals surface area contributed by atoms with Gasteiger partial charge in [-0.25, -0.2) is 4.99 Å². The standard InChI is InChI=1S/C18H22ClN3O/c1-12-8-13(2)10-14(9-12)22-17(20)21-11-18(3,23)15-6-4-5-7-16(15)19/h4-10,23H,11H2,1-3H3,(H3,20,21,22). The van der Waals surface area contributed by atoms with Crippen LogP contribution in [0.1, 0.15) is 23.6 Å². The first-order valence-corrected chi connectivity index (χ1v) is 7.78. The molecular formula is C18H22ClN3O. The molecule has 2 aromatic rings. The van der Waals surface area contributed by atoms with Crippen LogP contribution in [0.3, 0.4) is 0 Å². The lowest BCUT2D eigenvalue weighted by Gasteiger charge is -2.23. The summed E-state index contributed by atoms with van der Waals surface area (Å²) in [5, 5.41) is 14.1. The smallest absolute Gasteiger partial charge is 0.193 e. The number of aliphatic hydroxyl groups is 1. The predicted molar refractivity (Wildman–Crippen MR) is 97.1 cm³/mol. The second kappa shape index (κ2) is 7.02. The Hall–Kier alpha value is -2.04. The third-order valence-corrected chi connectivity index (χ3v) is 3.84. The lowest BCUT2D eigenvalue weighted by molar-refractivity contribution is 0.0675. The number of nitrogens with two attached hydrogens (primary N) is 1. The van der Waals surface area contributed by atoms with Crippen LogP contribution in [0, 0.1) is 13.8 Å². The van der Waals surface area contributed by atoms with Gasteiger partial charge in [-0.3, -0.25) is 0 Å². The van der Waals surface area contributed by atoms with Gasteiger partial charge in [0.25, 0.3) is 0 Å². The van der Waals surface area contributed by atoms with E-state index in [9.17, 15) is 5.11 Å². The number of hydrogen-bond donors (Lipinski definition) is 3. The molecule has 122 valence electrons. The third-order valence-electron chi connectivity index (χ3n) is 3.51. The van der Waals surface area contributed by atoms with Gasteiger partial charge in [0.05, 0.1) is 6.54 Å². The van der Waals surface area contributed by atoms with Crippen LogP contribution in [0.4, 0.5) is 5.69 Å². The van der Waals surface area contributed by atoms with Crippen LogP contribution < -0.4 is 11.1 Å². The van der Waals surface area contributed by atoms with E-state index in [4.69, 9.17) is 17.3 Å². The zero-order valence-corrected chi connectivity index (χ0v) is 14.4. The maximum atomic E-state index is 10.6. The predicted octanol–water partition coefficient (Wildman–Crippen LogP) is 3.59. The lowest BCUT2D eigenvalue weighted by atomic mass is 9.96. The third kappa shape index (κ3) is 4.71. The number of rotatable bonds is 4. The fraction of sp³-hybridized carbons (Fsp3) is 0.278. The summed E-state index contributed by atoms with van der Waals surface area (Å²) < 4.78 is 0. The largest absolute Gasteiger partial charge is 0.383 e. The van der Waals surface area contributed by atoms with Gasteiger partial charge in [0, 0.05) is 16.3 Å². The van der Waals surface area contributed by atoms with Crippen LogP contribution in [0.25, 0.3) is 0 Å². The Balaban J connectivity index is 2.11. The number of nitrogens with one attached hydrogen (secondary N) is 1. The Morgan fingerprint density at radius 2 is 1.83 bits per heavy atom. The maximum Gasteiger partial charge on any atom is 0.193 e. The molecule has 0 fully saturated rings. The van der Waals surface area contributed by atoms with Crippen molar-refractivity contribution in [3.05, 3.63) is 64.2 Å². The monoisotopic (exact) mass is 331 g/mol. The van der Waals surface area contributed by atoms with Crippen molar-refractivity contribution in [3.63, 3.8) is 0 Å². The van der Waals surface area contributed by atoms with Gasteiger partial charge >= 0.3 is 0 Å². The Bertz CT molecular complexity index is 706. The minimum absolute atomic E-state index is 0.111. The molecule has 0 amide bonds. The van der Waals surface area contributed by atoms with Crippen molar-refractivity contribution >= 4 is 23.2 Å². The summed E-state index contributed by atoms with van der Waals surface area (Å²) in [4.78, 5) is 4.24. The molecule has 0 spiro atoms. The van der Waals surface area contributed by atoms with Crippen molar-refractivity contribution in [2.24, 2.45) is 10.7 Å². The number of hydrogen-bond acceptors (Lipinski definition) is 2. The Morgan fingerprint density at radius 1 is 1.22 bits per heavy atom. The van der Waals surface area contributed by atoms with Gasteiger partial charge in [0.2, 0.25) is 0 Å². The average Bonchev–Trinajstić information content (AvgIpc) is 2.44. The summed E-state index contributed by atoms with van der Waals surface area (Å²) in [6.07, 6.45) is 0. The van der Waals surface area contributed by atoms with E-state index in [0.717, 1.165) is 16.8 Å². The van der Waals surface area contributed by atoms with Crippen LogP contribution >= 0.6 is 11.6 Å². The second-order valence-electron chi connectivity index (χ2n) is 5.96. The Labute approximate surface area is 142 Å². The molecule has 0 aliphatic heterocycles. The van der Waals surface area contributed by atoms with Gasteiger partial charge in [-0.05, 0) is 50.1 Å². The van der Waals surface area contributed by atoms with E-state index in [2.05, 4.69) is 16.4 Å². The van der Waals surface area contributed by atoms with E-state index in [0.29, 0.717) is 10.6 Å². The molecule has 2 aromatic carbocycles.